The van der Waals surface area contributed by atoms with Crippen LogP contribution in [0.5, 0.6) is 34.5 Å². The van der Waals surface area contributed by atoms with Crippen LogP contribution in [-0.2, 0) is 28.5 Å². The number of rotatable bonds is 16. The number of phenolic OH excluding ortho intramolecular Hbond substituents is 2. The summed E-state index contributed by atoms with van der Waals surface area (Å²) < 4.78 is 41.5. The first-order valence-electron chi connectivity index (χ1n) is 19.4. The van der Waals surface area contributed by atoms with Gasteiger partial charge in [0.2, 0.25) is 13.6 Å². The van der Waals surface area contributed by atoms with E-state index in [4.69, 9.17) is 37.9 Å². The van der Waals surface area contributed by atoms with Crippen molar-refractivity contribution in [2.24, 2.45) is 0 Å². The minimum Gasteiger partial charge on any atom is -0.505 e. The van der Waals surface area contributed by atoms with E-state index in [9.17, 15) is 29.4 Å². The molecule has 63 heavy (non-hydrogen) atoms. The predicted octanol–water partition coefficient (Wildman–Crippen LogP) is 5.43. The summed E-state index contributed by atoms with van der Waals surface area (Å²) in [5.74, 6) is -0.174. The number of hydrogen-bond acceptors (Lipinski definition) is 18. The summed E-state index contributed by atoms with van der Waals surface area (Å²) in [5.41, 5.74) is 3.64. The van der Waals surface area contributed by atoms with Crippen molar-refractivity contribution in [1.29, 1.82) is 0 Å². The van der Waals surface area contributed by atoms with E-state index in [1.165, 1.54) is 21.7 Å². The van der Waals surface area contributed by atoms with Crippen LogP contribution in [0.4, 0.5) is 0 Å². The molecular formula is C43H40N6O14. The summed E-state index contributed by atoms with van der Waals surface area (Å²) in [7, 11) is 0. The molecule has 2 aromatic heterocycles. The number of benzene rings is 4. The molecule has 0 atom stereocenters. The molecule has 20 heteroatoms. The number of esters is 4. The topological polar surface area (TPSA) is 244 Å². The van der Waals surface area contributed by atoms with Crippen LogP contribution in [0.1, 0.15) is 53.3 Å². The molecule has 2 aliphatic heterocycles. The van der Waals surface area contributed by atoms with Crippen LogP contribution >= 0.6 is 0 Å². The zero-order chi connectivity index (χ0) is 44.5. The first-order valence-corrected chi connectivity index (χ1v) is 19.4. The van der Waals surface area contributed by atoms with Crippen LogP contribution in [0.3, 0.4) is 0 Å². The molecule has 0 saturated carbocycles. The fraction of sp³-hybridized carbons (Fsp3) is 0.256. The van der Waals surface area contributed by atoms with Gasteiger partial charge in [-0.3, -0.25) is 0 Å². The predicted molar refractivity (Wildman–Crippen MR) is 219 cm³/mol. The molecule has 326 valence electrons. The van der Waals surface area contributed by atoms with Crippen LogP contribution in [0.15, 0.2) is 85.5 Å². The van der Waals surface area contributed by atoms with Gasteiger partial charge in [0.25, 0.3) is 0 Å². The van der Waals surface area contributed by atoms with Gasteiger partial charge in [-0.15, -0.1) is 30.0 Å². The standard InChI is InChI=1S/C22H21N3O7.C21H19N3O7/c1-13(2)21(27)29-7-3-4-8-30-22(28)14-5-6-15-16(9-14)24-25(23-15)17-10-19-20(11-18(17)26)32-12-31-19;1-2-20(26)28-7-3-4-8-29-21(27)13-5-6-14-15(9-13)23-24(22-14)16-10-18-19(11-17(16)25)31-12-30-18/h5-6,9-11,26H,1,3-4,7-8,12H2,2H3;2,5-6,9-11,25H,1,3-4,7-8,12H2. The highest BCUT2D eigenvalue weighted by atomic mass is 16.7. The van der Waals surface area contributed by atoms with Gasteiger partial charge in [0.1, 0.15) is 44.9 Å². The van der Waals surface area contributed by atoms with E-state index in [0.29, 0.717) is 98.8 Å². The Hall–Kier alpha value is -8.16. The Kier molecular flexibility index (Phi) is 13.3. The Balaban J connectivity index is 0.000000189. The first-order chi connectivity index (χ1) is 30.5. The molecule has 0 amide bonds. The van der Waals surface area contributed by atoms with E-state index in [2.05, 4.69) is 33.6 Å². The Morgan fingerprint density at radius 3 is 1.43 bits per heavy atom. The minimum absolute atomic E-state index is 0.0666. The number of nitrogens with zero attached hydrogens (tertiary/aromatic N) is 6. The molecule has 6 aromatic rings. The number of aromatic nitrogens is 6. The average Bonchev–Trinajstić information content (AvgIpc) is 4.11. The van der Waals surface area contributed by atoms with Crippen molar-refractivity contribution in [3.8, 4) is 45.9 Å². The zero-order valence-corrected chi connectivity index (χ0v) is 33.8. The van der Waals surface area contributed by atoms with Crippen molar-refractivity contribution in [1.82, 2.24) is 30.0 Å². The van der Waals surface area contributed by atoms with Crippen LogP contribution in [0, 0.1) is 0 Å². The molecule has 0 bridgehead atoms. The number of carbonyl (C=O) groups is 4. The summed E-state index contributed by atoms with van der Waals surface area (Å²) in [5, 5.41) is 37.9. The van der Waals surface area contributed by atoms with Gasteiger partial charge in [-0.1, -0.05) is 13.2 Å². The smallest absolute Gasteiger partial charge is 0.338 e. The fourth-order valence-electron chi connectivity index (χ4n) is 5.88. The number of carbonyl (C=O) groups excluding carboxylic acids is 4. The first kappa shape index (κ1) is 42.9. The maximum atomic E-state index is 12.3. The lowest BCUT2D eigenvalue weighted by atomic mass is 10.2. The molecule has 4 heterocycles. The fourth-order valence-corrected chi connectivity index (χ4v) is 5.88. The Morgan fingerprint density at radius 1 is 0.603 bits per heavy atom. The van der Waals surface area contributed by atoms with Crippen molar-refractivity contribution in [2.45, 2.75) is 32.6 Å². The largest absolute Gasteiger partial charge is 0.505 e. The summed E-state index contributed by atoms with van der Waals surface area (Å²) in [6.45, 7) is 9.43. The second kappa shape index (κ2) is 19.5. The van der Waals surface area contributed by atoms with E-state index in [1.54, 1.807) is 55.5 Å². The van der Waals surface area contributed by atoms with Crippen molar-refractivity contribution in [3.63, 3.8) is 0 Å². The lowest BCUT2D eigenvalue weighted by Crippen LogP contribution is -2.09. The molecular weight excluding hydrogens is 825 g/mol. The Labute approximate surface area is 357 Å². The third kappa shape index (κ3) is 10.4. The van der Waals surface area contributed by atoms with Crippen molar-refractivity contribution < 1.29 is 67.3 Å². The van der Waals surface area contributed by atoms with Crippen LogP contribution < -0.4 is 18.9 Å². The Morgan fingerprint density at radius 2 is 1.00 bits per heavy atom. The van der Waals surface area contributed by atoms with Gasteiger partial charge in [-0.25, -0.2) is 19.2 Å². The molecule has 0 aliphatic carbocycles. The van der Waals surface area contributed by atoms with E-state index < -0.39 is 23.9 Å². The highest BCUT2D eigenvalue weighted by Crippen LogP contribution is 2.40. The average molecular weight is 865 g/mol. The van der Waals surface area contributed by atoms with Gasteiger partial charge in [-0.2, -0.15) is 0 Å². The maximum absolute atomic E-state index is 12.3. The normalized spacial score (nSPS) is 12.0. The highest BCUT2D eigenvalue weighted by Gasteiger charge is 2.22. The Bertz CT molecular complexity index is 2730. The van der Waals surface area contributed by atoms with Gasteiger partial charge < -0.3 is 48.1 Å². The monoisotopic (exact) mass is 864 g/mol. The molecule has 0 radical (unpaired) electrons. The van der Waals surface area contributed by atoms with Gasteiger partial charge >= 0.3 is 23.9 Å². The highest BCUT2D eigenvalue weighted by molar-refractivity contribution is 5.94. The summed E-state index contributed by atoms with van der Waals surface area (Å²) in [4.78, 5) is 49.4. The molecule has 4 aromatic carbocycles. The quantitative estimate of drug-likeness (QED) is 0.0533. The van der Waals surface area contributed by atoms with E-state index >= 15 is 0 Å². The lowest BCUT2D eigenvalue weighted by molar-refractivity contribution is -0.139. The molecule has 8 rings (SSSR count). The van der Waals surface area contributed by atoms with Gasteiger partial charge in [0.15, 0.2) is 23.0 Å². The van der Waals surface area contributed by atoms with Crippen LogP contribution in [0.25, 0.3) is 33.4 Å². The molecule has 2 N–H and O–H groups in total. The van der Waals surface area contributed by atoms with Crippen molar-refractivity contribution >= 4 is 45.9 Å². The van der Waals surface area contributed by atoms with E-state index in [-0.39, 0.29) is 51.5 Å². The molecule has 0 saturated heterocycles. The minimum atomic E-state index is -0.495. The van der Waals surface area contributed by atoms with Crippen molar-refractivity contribution in [2.75, 3.05) is 40.0 Å². The molecule has 0 fully saturated rings. The summed E-state index contributed by atoms with van der Waals surface area (Å²) in [6, 6.07) is 15.7. The van der Waals surface area contributed by atoms with Crippen LogP contribution in [-0.4, -0.2) is 104 Å². The third-order valence-corrected chi connectivity index (χ3v) is 9.14. The summed E-state index contributed by atoms with van der Waals surface area (Å²) >= 11 is 0. The molecule has 20 nitrogen and oxygen atoms in total. The third-order valence-electron chi connectivity index (χ3n) is 9.14. The number of phenols is 2. The molecule has 0 spiro atoms. The maximum Gasteiger partial charge on any atom is 0.338 e. The number of fused-ring (bicyclic) bond motifs is 4. The van der Waals surface area contributed by atoms with E-state index in [0.717, 1.165) is 6.08 Å². The number of unbranched alkanes of at least 4 members (excludes halogenated alkanes) is 2. The molecule has 0 unspecified atom stereocenters. The number of hydrogen-bond donors (Lipinski definition) is 2. The SMILES string of the molecule is C=C(C)C(=O)OCCCCOC(=O)c1ccc2nn(-c3cc4c(cc3O)OCO4)nc2c1.C=CC(=O)OCCCCOC(=O)c1ccc2nn(-c3cc4c(cc3O)OCO4)nc2c1. The van der Waals surface area contributed by atoms with Gasteiger partial charge in [0.05, 0.1) is 37.6 Å². The van der Waals surface area contributed by atoms with Crippen molar-refractivity contribution in [3.05, 3.63) is 96.6 Å². The lowest BCUT2D eigenvalue weighted by Gasteiger charge is -2.06. The second-order valence-corrected chi connectivity index (χ2v) is 13.7. The van der Waals surface area contributed by atoms with E-state index in [1.807, 2.05) is 0 Å². The van der Waals surface area contributed by atoms with Gasteiger partial charge in [-0.05, 0) is 69.0 Å². The number of aromatic hydroxyl groups is 2. The zero-order valence-electron chi connectivity index (χ0n) is 33.8. The second-order valence-electron chi connectivity index (χ2n) is 13.7. The van der Waals surface area contributed by atoms with Crippen LogP contribution in [0.2, 0.25) is 0 Å². The molecule has 2 aliphatic rings. The number of ether oxygens (including phenoxy) is 8. The van der Waals surface area contributed by atoms with Gasteiger partial charge in [0, 0.05) is 35.9 Å². The summed E-state index contributed by atoms with van der Waals surface area (Å²) in [6.07, 6.45) is 3.34.